The minimum absolute atomic E-state index is 0. The molecule has 0 bridgehead atoms. The van der Waals surface area contributed by atoms with E-state index in [1.165, 1.54) is 5.30 Å². The molecular weight excluding hydrogens is 182 g/mol. The van der Waals surface area contributed by atoms with E-state index in [1.807, 2.05) is 30.3 Å². The van der Waals surface area contributed by atoms with Crippen LogP contribution in [0.3, 0.4) is 0 Å². The Balaban J connectivity index is 0.000000490. The van der Waals surface area contributed by atoms with Crippen LogP contribution in [0.2, 0.25) is 0 Å². The molecule has 0 radical (unpaired) electrons. The van der Waals surface area contributed by atoms with Gasteiger partial charge in [0.05, 0.1) is 0 Å². The molecule has 0 aliphatic heterocycles. The molecule has 0 saturated carbocycles. The van der Waals surface area contributed by atoms with Gasteiger partial charge in [-0.1, -0.05) is 30.3 Å². The van der Waals surface area contributed by atoms with Gasteiger partial charge in [-0.3, -0.25) is 0 Å². The second-order valence-corrected chi connectivity index (χ2v) is 2.08. The summed E-state index contributed by atoms with van der Waals surface area (Å²) in [5, 5.41) is 1.24. The van der Waals surface area contributed by atoms with Crippen molar-refractivity contribution >= 4 is 31.6 Å². The van der Waals surface area contributed by atoms with E-state index in [0.29, 0.717) is 0 Å². The normalized spacial score (nSPS) is 7.62. The third kappa shape index (κ3) is 2.47. The van der Waals surface area contributed by atoms with Crippen molar-refractivity contribution < 1.29 is 0 Å². The van der Waals surface area contributed by atoms with Crippen molar-refractivity contribution in [3.8, 4) is 0 Å². The fraction of sp³-hybridized carbons (Fsp3) is 0. The van der Waals surface area contributed by atoms with Crippen LogP contribution < -0.4 is 5.30 Å². The van der Waals surface area contributed by atoms with Gasteiger partial charge < -0.3 is 0 Å². The van der Waals surface area contributed by atoms with E-state index in [9.17, 15) is 0 Å². The van der Waals surface area contributed by atoms with Crippen molar-refractivity contribution in [1.29, 1.82) is 0 Å². The zero-order chi connectivity index (χ0) is 5.11. The molecule has 0 heterocycles. The Morgan fingerprint density at radius 2 is 1.50 bits per heavy atom. The van der Waals surface area contributed by atoms with Crippen LogP contribution in [0.15, 0.2) is 30.3 Å². The number of rotatable bonds is 0. The summed E-state index contributed by atoms with van der Waals surface area (Å²) in [5.41, 5.74) is 0. The number of hydrogen-bond donors (Lipinski definition) is 0. The fourth-order valence-corrected chi connectivity index (χ4v) is 0.675. The Hall–Kier alpha value is 0.169. The molecule has 1 aromatic carbocycles. The van der Waals surface area contributed by atoms with Crippen LogP contribution in [0.25, 0.3) is 0 Å². The van der Waals surface area contributed by atoms with E-state index in [1.54, 1.807) is 0 Å². The zero-order valence-corrected chi connectivity index (χ0v) is 7.72. The molecule has 8 heavy (non-hydrogen) atoms. The molecule has 0 aliphatic rings. The van der Waals surface area contributed by atoms with Gasteiger partial charge in [-0.2, -0.15) is 0 Å². The molecule has 1 atom stereocenters. The molecule has 0 nitrogen and oxygen atoms in total. The topological polar surface area (TPSA) is 0 Å². The number of benzene rings is 1. The molecule has 0 aliphatic carbocycles. The van der Waals surface area contributed by atoms with E-state index >= 15 is 0 Å². The van der Waals surface area contributed by atoms with Gasteiger partial charge in [0, 0.05) is 0 Å². The molecule has 0 amide bonds. The van der Waals surface area contributed by atoms with Crippen LogP contribution in [-0.2, 0) is 0 Å². The third-order valence-corrected chi connectivity index (χ3v) is 1.18. The van der Waals surface area contributed by atoms with Gasteiger partial charge in [0.2, 0.25) is 0 Å². The second kappa shape index (κ2) is 4.09. The SMILES string of the molecule is Pc1ccccc1.[SeH2]. The van der Waals surface area contributed by atoms with Crippen molar-refractivity contribution in [3.05, 3.63) is 30.3 Å². The van der Waals surface area contributed by atoms with Crippen LogP contribution in [0.5, 0.6) is 0 Å². The maximum atomic E-state index is 2.63. The summed E-state index contributed by atoms with van der Waals surface area (Å²) in [7, 11) is 2.63. The van der Waals surface area contributed by atoms with Gasteiger partial charge in [-0.05, 0) is 5.30 Å². The molecule has 1 rings (SSSR count). The minimum atomic E-state index is 0. The summed E-state index contributed by atoms with van der Waals surface area (Å²) >= 11 is 0. The predicted molar refractivity (Wildman–Crippen MR) is 44.3 cm³/mol. The average molecular weight is 191 g/mol. The maximum absolute atomic E-state index is 2.63. The first-order valence-corrected chi connectivity index (χ1v) is 2.78. The Morgan fingerprint density at radius 3 is 1.75 bits per heavy atom. The molecule has 1 unspecified atom stereocenters. The molecule has 0 spiro atoms. The van der Waals surface area contributed by atoms with Gasteiger partial charge in [0.25, 0.3) is 0 Å². The molecule has 2 heteroatoms. The third-order valence-electron chi connectivity index (χ3n) is 0.800. The van der Waals surface area contributed by atoms with E-state index in [4.69, 9.17) is 0 Å². The Morgan fingerprint density at radius 1 is 1.00 bits per heavy atom. The molecule has 0 N–H and O–H groups in total. The monoisotopic (exact) mass is 192 g/mol. The summed E-state index contributed by atoms with van der Waals surface area (Å²) in [6.07, 6.45) is 0. The quantitative estimate of drug-likeness (QED) is 0.408. The predicted octanol–water partition coefficient (Wildman–Crippen LogP) is 0.271. The first kappa shape index (κ1) is 8.17. The van der Waals surface area contributed by atoms with E-state index in [0.717, 1.165) is 0 Å². The van der Waals surface area contributed by atoms with Gasteiger partial charge in [0.15, 0.2) is 0 Å². The van der Waals surface area contributed by atoms with Gasteiger partial charge in [-0.15, -0.1) is 9.24 Å². The van der Waals surface area contributed by atoms with Crippen LogP contribution in [-0.4, -0.2) is 17.1 Å². The van der Waals surface area contributed by atoms with Crippen molar-refractivity contribution in [2.75, 3.05) is 0 Å². The standard InChI is InChI=1S/C6H7P.H2Se/c7-6-4-2-1-3-5-6;/h1-5H,7H2;1H2. The summed E-state index contributed by atoms with van der Waals surface area (Å²) in [6, 6.07) is 10.1. The van der Waals surface area contributed by atoms with Crippen molar-refractivity contribution in [2.45, 2.75) is 0 Å². The van der Waals surface area contributed by atoms with Gasteiger partial charge in [0.1, 0.15) is 0 Å². The van der Waals surface area contributed by atoms with E-state index < -0.39 is 0 Å². The summed E-state index contributed by atoms with van der Waals surface area (Å²) in [6.45, 7) is 0. The van der Waals surface area contributed by atoms with Crippen LogP contribution >= 0.6 is 9.24 Å². The number of hydrogen-bond acceptors (Lipinski definition) is 0. The molecular formula is C6H9PSe. The Labute approximate surface area is 62.4 Å². The summed E-state index contributed by atoms with van der Waals surface area (Å²) < 4.78 is 0. The van der Waals surface area contributed by atoms with Gasteiger partial charge >= 0.3 is 17.1 Å². The first-order valence-electron chi connectivity index (χ1n) is 2.20. The van der Waals surface area contributed by atoms with Crippen molar-refractivity contribution in [3.63, 3.8) is 0 Å². The second-order valence-electron chi connectivity index (χ2n) is 1.41. The Kier molecular flexibility index (Phi) is 4.18. The van der Waals surface area contributed by atoms with E-state index in [-0.39, 0.29) is 17.1 Å². The summed E-state index contributed by atoms with van der Waals surface area (Å²) in [5.74, 6) is 0. The molecule has 0 saturated heterocycles. The Bertz CT molecular complexity index is 138. The van der Waals surface area contributed by atoms with Crippen LogP contribution in [0.4, 0.5) is 0 Å². The van der Waals surface area contributed by atoms with Crippen molar-refractivity contribution in [1.82, 2.24) is 0 Å². The average Bonchev–Trinajstić information content (AvgIpc) is 1.69. The van der Waals surface area contributed by atoms with Gasteiger partial charge in [-0.25, -0.2) is 0 Å². The zero-order valence-electron chi connectivity index (χ0n) is 4.46. The van der Waals surface area contributed by atoms with Crippen LogP contribution in [0.1, 0.15) is 0 Å². The first-order chi connectivity index (χ1) is 3.39. The van der Waals surface area contributed by atoms with Crippen LogP contribution in [0, 0.1) is 0 Å². The summed E-state index contributed by atoms with van der Waals surface area (Å²) in [4.78, 5) is 0. The molecule has 44 valence electrons. The molecule has 0 fully saturated rings. The fourth-order valence-electron chi connectivity index (χ4n) is 0.453. The van der Waals surface area contributed by atoms with E-state index in [2.05, 4.69) is 9.24 Å². The molecule has 0 aromatic heterocycles. The van der Waals surface area contributed by atoms with Crippen molar-refractivity contribution in [2.24, 2.45) is 0 Å². The molecule has 1 aromatic rings.